The molecule has 0 N–H and O–H groups in total. The van der Waals surface area contributed by atoms with E-state index in [-0.39, 0.29) is 21.1 Å². The summed E-state index contributed by atoms with van der Waals surface area (Å²) in [5.74, 6) is 2.42. The molecule has 0 amide bonds. The molecule has 16 aromatic rings. The molecule has 4 heterocycles. The number of nitrogens with zero attached hydrogens (tertiary/aromatic N) is 8. The zero-order chi connectivity index (χ0) is 65.7. The van der Waals surface area contributed by atoms with E-state index in [1.165, 1.54) is 0 Å². The molecule has 472 valence electrons. The molecule has 12 aromatic carbocycles. The number of benzene rings is 12. The van der Waals surface area contributed by atoms with Crippen LogP contribution in [0.3, 0.4) is 0 Å². The number of hydrogen-bond acceptors (Lipinski definition) is 10. The molecule has 99 heavy (non-hydrogen) atoms. The second-order valence-corrected chi connectivity index (χ2v) is 23.2. The molecule has 0 saturated heterocycles. The SMILES string of the molecule is [Pt+2].[c-]1c(Oc2[c-]c(-c3cc(-c4ccccc4)cnn3)cc(-c3ccccc3)c2)cc(-c2ccccc2)cc1-c1cc(-c2ccccc2)cnn1.c1ccc(-c2cc(Oc3cc(-c4ccccc4)cc(-c4cc(-c5ccccc5)cnn4)c3)cc(-c3cc(-c4ccccc4)cnn3)c2)cc1. The van der Waals surface area contributed by atoms with Gasteiger partial charge in [-0.25, -0.2) is 10.2 Å². The second-order valence-electron chi connectivity index (χ2n) is 23.2. The minimum absolute atomic E-state index is 0. The van der Waals surface area contributed by atoms with E-state index >= 15 is 0 Å². The summed E-state index contributed by atoms with van der Waals surface area (Å²) in [5, 5.41) is 35.5. The molecule has 11 heteroatoms. The van der Waals surface area contributed by atoms with Gasteiger partial charge in [-0.3, -0.25) is 0 Å². The molecule has 0 radical (unpaired) electrons. The van der Waals surface area contributed by atoms with Crippen LogP contribution in [-0.2, 0) is 21.1 Å². The van der Waals surface area contributed by atoms with Crippen LogP contribution < -0.4 is 9.47 Å². The minimum atomic E-state index is 0. The largest absolute Gasteiger partial charge is 2.00 e. The smallest absolute Gasteiger partial charge is 0.497 e. The Labute approximate surface area is 589 Å². The fourth-order valence-electron chi connectivity index (χ4n) is 11.7. The summed E-state index contributed by atoms with van der Waals surface area (Å²) in [4.78, 5) is 0. The van der Waals surface area contributed by atoms with Crippen molar-refractivity contribution in [3.63, 3.8) is 0 Å². The molecule has 0 fully saturated rings. The predicted molar refractivity (Wildman–Crippen MR) is 391 cm³/mol. The van der Waals surface area contributed by atoms with Crippen LogP contribution in [0, 0.1) is 12.1 Å². The topological polar surface area (TPSA) is 122 Å². The van der Waals surface area contributed by atoms with Crippen LogP contribution in [0.1, 0.15) is 0 Å². The Bertz CT molecular complexity index is 4700. The van der Waals surface area contributed by atoms with Gasteiger partial charge in [-0.05, 0) is 115 Å². The maximum absolute atomic E-state index is 6.76. The second kappa shape index (κ2) is 30.3. The fourth-order valence-corrected chi connectivity index (χ4v) is 11.7. The van der Waals surface area contributed by atoms with Crippen LogP contribution >= 0.6 is 0 Å². The van der Waals surface area contributed by atoms with Crippen molar-refractivity contribution in [1.82, 2.24) is 40.8 Å². The fraction of sp³-hybridized carbons (Fsp3) is 0. The maximum Gasteiger partial charge on any atom is 2.00 e. The van der Waals surface area contributed by atoms with Gasteiger partial charge in [0.15, 0.2) is 0 Å². The number of rotatable bonds is 16. The van der Waals surface area contributed by atoms with Crippen molar-refractivity contribution in [2.75, 3.05) is 0 Å². The minimum Gasteiger partial charge on any atom is -0.497 e. The Hall–Kier alpha value is -12.8. The standard InChI is InChI=1S/C44H30N4O.C44H28N4O.Pt/c2*1-5-13-31(14-6-1)35-21-37(43-27-39(29-45-47-43)33-17-9-3-10-18-33)25-41(23-35)49-42-24-36(32-15-7-2-8-16-32)22-38(26-42)44-28-40(30-46-48-44)34-19-11-4-12-20-34;/h1-30H;1-24,27-30H;/q;-2;+2. The summed E-state index contributed by atoms with van der Waals surface area (Å²) in [6.07, 6.45) is 7.14. The molecule has 0 spiro atoms. The van der Waals surface area contributed by atoms with Crippen molar-refractivity contribution < 1.29 is 30.5 Å². The summed E-state index contributed by atoms with van der Waals surface area (Å²) >= 11 is 0. The van der Waals surface area contributed by atoms with Crippen LogP contribution in [-0.4, -0.2) is 40.8 Å². The van der Waals surface area contributed by atoms with Crippen molar-refractivity contribution in [2.24, 2.45) is 0 Å². The zero-order valence-corrected chi connectivity index (χ0v) is 55.5. The van der Waals surface area contributed by atoms with Crippen LogP contribution in [0.4, 0.5) is 0 Å². The van der Waals surface area contributed by atoms with Gasteiger partial charge in [-0.1, -0.05) is 290 Å². The Kier molecular flexibility index (Phi) is 19.5. The van der Waals surface area contributed by atoms with Gasteiger partial charge in [0.05, 0.1) is 36.2 Å². The van der Waals surface area contributed by atoms with E-state index in [0.717, 1.165) is 123 Å². The first kappa shape index (κ1) is 63.6. The van der Waals surface area contributed by atoms with Crippen molar-refractivity contribution in [3.05, 3.63) is 365 Å². The van der Waals surface area contributed by atoms with Gasteiger partial charge in [-0.15, -0.1) is 23.3 Å². The van der Waals surface area contributed by atoms with Crippen molar-refractivity contribution in [1.29, 1.82) is 0 Å². The molecule has 0 bridgehead atoms. The van der Waals surface area contributed by atoms with Gasteiger partial charge in [0.25, 0.3) is 0 Å². The Morgan fingerprint density at radius 1 is 0.192 bits per heavy atom. The molecule has 0 saturated carbocycles. The van der Waals surface area contributed by atoms with Gasteiger partial charge >= 0.3 is 21.1 Å². The molecule has 4 aromatic heterocycles. The third-order valence-corrected chi connectivity index (χ3v) is 16.6. The van der Waals surface area contributed by atoms with Crippen molar-refractivity contribution in [3.8, 4) is 157 Å². The molecule has 0 atom stereocenters. The van der Waals surface area contributed by atoms with E-state index in [2.05, 4.69) is 199 Å². The van der Waals surface area contributed by atoms with E-state index in [0.29, 0.717) is 34.4 Å². The summed E-state index contributed by atoms with van der Waals surface area (Å²) in [6, 6.07) is 117. The number of hydrogen-bond donors (Lipinski definition) is 0. The van der Waals surface area contributed by atoms with Gasteiger partial charge < -0.3 is 9.47 Å². The predicted octanol–water partition coefficient (Wildman–Crippen LogP) is 21.7. The molecule has 0 aliphatic heterocycles. The molecule has 0 unspecified atom stereocenters. The maximum atomic E-state index is 6.76. The molecular formula is C88H58N8O2Pt. The van der Waals surface area contributed by atoms with Crippen LogP contribution in [0.5, 0.6) is 23.0 Å². The third kappa shape index (κ3) is 15.5. The van der Waals surface area contributed by atoms with E-state index in [4.69, 9.17) is 9.47 Å². The van der Waals surface area contributed by atoms with Crippen molar-refractivity contribution >= 4 is 0 Å². The third-order valence-electron chi connectivity index (χ3n) is 16.6. The van der Waals surface area contributed by atoms with E-state index < -0.39 is 0 Å². The van der Waals surface area contributed by atoms with Gasteiger partial charge in [-0.2, -0.15) is 30.6 Å². The average molecular weight is 1450 g/mol. The molecule has 10 nitrogen and oxygen atoms in total. The molecule has 16 rings (SSSR count). The quantitative estimate of drug-likeness (QED) is 0.0865. The van der Waals surface area contributed by atoms with Gasteiger partial charge in [0, 0.05) is 45.1 Å². The first-order valence-corrected chi connectivity index (χ1v) is 32.1. The first-order chi connectivity index (χ1) is 48.5. The first-order valence-electron chi connectivity index (χ1n) is 32.1. The van der Waals surface area contributed by atoms with Gasteiger partial charge in [0.1, 0.15) is 11.5 Å². The Morgan fingerprint density at radius 3 is 0.707 bits per heavy atom. The number of aromatic nitrogens is 8. The Morgan fingerprint density at radius 2 is 0.424 bits per heavy atom. The molecule has 0 aliphatic carbocycles. The molecule has 0 aliphatic rings. The normalized spacial score (nSPS) is 10.7. The summed E-state index contributed by atoms with van der Waals surface area (Å²) in [7, 11) is 0. The average Bonchev–Trinajstić information content (AvgIpc) is 0.841. The van der Waals surface area contributed by atoms with E-state index in [9.17, 15) is 0 Å². The summed E-state index contributed by atoms with van der Waals surface area (Å²) in [6.45, 7) is 0. The van der Waals surface area contributed by atoms with Crippen LogP contribution in [0.2, 0.25) is 0 Å². The molecular weight excluding hydrogens is 1400 g/mol. The number of ether oxygens (including phenoxy) is 2. The van der Waals surface area contributed by atoms with Crippen LogP contribution in [0.15, 0.2) is 352 Å². The summed E-state index contributed by atoms with van der Waals surface area (Å²) < 4.78 is 13.4. The Balaban J connectivity index is 0.000000167. The van der Waals surface area contributed by atoms with Crippen molar-refractivity contribution in [2.45, 2.75) is 0 Å². The zero-order valence-electron chi connectivity index (χ0n) is 53.2. The summed E-state index contributed by atoms with van der Waals surface area (Å²) in [5.41, 5.74) is 22.7. The van der Waals surface area contributed by atoms with E-state index in [1.54, 1.807) is 24.8 Å². The van der Waals surface area contributed by atoms with E-state index in [1.807, 2.05) is 182 Å². The van der Waals surface area contributed by atoms with Crippen LogP contribution in [0.25, 0.3) is 134 Å². The van der Waals surface area contributed by atoms with Gasteiger partial charge in [0.2, 0.25) is 0 Å². The monoisotopic (exact) mass is 1450 g/mol.